The van der Waals surface area contributed by atoms with Gasteiger partial charge in [0, 0.05) is 12.0 Å². The van der Waals surface area contributed by atoms with Crippen molar-refractivity contribution < 1.29 is 0 Å². The molecular weight excluding hydrogens is 134 g/mol. The van der Waals surface area contributed by atoms with Crippen molar-refractivity contribution in [1.82, 2.24) is 0 Å². The van der Waals surface area contributed by atoms with Gasteiger partial charge < -0.3 is 0 Å². The molecule has 0 saturated heterocycles. The summed E-state index contributed by atoms with van der Waals surface area (Å²) in [6.07, 6.45) is 6.29. The molecule has 2 heteroatoms. The van der Waals surface area contributed by atoms with E-state index in [4.69, 9.17) is 16.9 Å². The quantitative estimate of drug-likeness (QED) is 0.372. The van der Waals surface area contributed by atoms with Crippen molar-refractivity contribution in [2.45, 2.75) is 11.8 Å². The second-order valence-electron chi connectivity index (χ2n) is 1.88. The molecular formula is C7H6ClN. The van der Waals surface area contributed by atoms with Gasteiger partial charge in [-0.05, 0) is 6.08 Å². The van der Waals surface area contributed by atoms with Gasteiger partial charge >= 0.3 is 0 Å². The lowest BCUT2D eigenvalue weighted by molar-refractivity contribution is 1.17. The maximum atomic E-state index is 8.40. The van der Waals surface area contributed by atoms with E-state index in [1.807, 2.05) is 12.2 Å². The van der Waals surface area contributed by atoms with Gasteiger partial charge in [-0.2, -0.15) is 5.26 Å². The van der Waals surface area contributed by atoms with Crippen molar-refractivity contribution >= 4 is 11.6 Å². The summed E-state index contributed by atoms with van der Waals surface area (Å²) in [5.41, 5.74) is 0.762. The molecule has 1 rings (SSSR count). The number of hydrogen-bond donors (Lipinski definition) is 0. The third-order valence-corrected chi connectivity index (χ3v) is 1.43. The molecule has 1 unspecified atom stereocenters. The molecule has 0 N–H and O–H groups in total. The summed E-state index contributed by atoms with van der Waals surface area (Å²) in [5, 5.41) is 8.32. The normalized spacial score (nSPS) is 24.9. The first-order valence-electron chi connectivity index (χ1n) is 2.74. The summed E-state index contributed by atoms with van der Waals surface area (Å²) >= 11 is 5.68. The van der Waals surface area contributed by atoms with E-state index in [1.165, 1.54) is 0 Å². The first-order valence-corrected chi connectivity index (χ1v) is 3.18. The lowest BCUT2D eigenvalue weighted by Gasteiger charge is -2.02. The van der Waals surface area contributed by atoms with Crippen LogP contribution in [0.4, 0.5) is 0 Å². The van der Waals surface area contributed by atoms with E-state index in [0.717, 1.165) is 12.0 Å². The summed E-state index contributed by atoms with van der Waals surface area (Å²) in [4.78, 5) is 0. The molecule has 0 aliphatic heterocycles. The fraction of sp³-hybridized carbons (Fsp3) is 0.286. The smallest absolute Gasteiger partial charge is 0.0947 e. The molecule has 0 aromatic carbocycles. The molecule has 1 nitrogen and oxygen atoms in total. The van der Waals surface area contributed by atoms with E-state index in [2.05, 4.69) is 6.07 Å². The lowest BCUT2D eigenvalue weighted by atomic mass is 10.1. The molecule has 0 radical (unpaired) electrons. The minimum Gasteiger partial charge on any atom is -0.193 e. The second kappa shape index (κ2) is 2.70. The van der Waals surface area contributed by atoms with Crippen LogP contribution in [0.25, 0.3) is 0 Å². The molecule has 1 aliphatic rings. The van der Waals surface area contributed by atoms with Crippen LogP contribution in [0.2, 0.25) is 0 Å². The minimum atomic E-state index is -0.0756. The maximum absolute atomic E-state index is 8.40. The lowest BCUT2D eigenvalue weighted by Crippen LogP contribution is -1.94. The Labute approximate surface area is 59.2 Å². The van der Waals surface area contributed by atoms with Crippen molar-refractivity contribution in [1.29, 1.82) is 5.26 Å². The van der Waals surface area contributed by atoms with Gasteiger partial charge in [0.1, 0.15) is 0 Å². The van der Waals surface area contributed by atoms with Crippen LogP contribution >= 0.6 is 11.6 Å². The molecule has 0 saturated carbocycles. The average molecular weight is 140 g/mol. The second-order valence-corrected chi connectivity index (χ2v) is 2.38. The molecule has 0 bridgehead atoms. The van der Waals surface area contributed by atoms with Gasteiger partial charge in [0.15, 0.2) is 0 Å². The number of rotatable bonds is 0. The monoisotopic (exact) mass is 139 g/mol. The number of nitriles is 1. The average Bonchev–Trinajstić information content (AvgIpc) is 1.88. The zero-order valence-corrected chi connectivity index (χ0v) is 5.60. The van der Waals surface area contributed by atoms with E-state index < -0.39 is 0 Å². The van der Waals surface area contributed by atoms with Crippen molar-refractivity contribution in [3.63, 3.8) is 0 Å². The van der Waals surface area contributed by atoms with Gasteiger partial charge in [-0.3, -0.25) is 0 Å². The highest BCUT2D eigenvalue weighted by atomic mass is 35.5. The molecule has 0 fully saturated rings. The van der Waals surface area contributed by atoms with Gasteiger partial charge in [0.2, 0.25) is 0 Å². The Kier molecular flexibility index (Phi) is 1.92. The number of halogens is 1. The van der Waals surface area contributed by atoms with Crippen LogP contribution in [0.1, 0.15) is 6.42 Å². The van der Waals surface area contributed by atoms with Gasteiger partial charge in [-0.15, -0.1) is 11.6 Å². The standard InChI is InChI=1S/C7H6ClN/c8-7-3-1-2-6(4-7)5-9/h1,3-4,7H,2H2. The van der Waals surface area contributed by atoms with E-state index in [1.54, 1.807) is 6.08 Å². The van der Waals surface area contributed by atoms with Crippen LogP contribution in [-0.2, 0) is 0 Å². The molecule has 0 aromatic rings. The molecule has 46 valence electrons. The van der Waals surface area contributed by atoms with Crippen LogP contribution in [0.3, 0.4) is 0 Å². The van der Waals surface area contributed by atoms with Crippen molar-refractivity contribution in [2.24, 2.45) is 0 Å². The molecule has 0 spiro atoms. The minimum absolute atomic E-state index is 0.0756. The summed E-state index contributed by atoms with van der Waals surface area (Å²) in [6, 6.07) is 2.06. The van der Waals surface area contributed by atoms with Crippen molar-refractivity contribution in [3.05, 3.63) is 23.8 Å². The van der Waals surface area contributed by atoms with Gasteiger partial charge in [-0.1, -0.05) is 12.2 Å². The zero-order chi connectivity index (χ0) is 6.69. The first-order chi connectivity index (χ1) is 4.33. The summed E-state index contributed by atoms with van der Waals surface area (Å²) in [6.45, 7) is 0. The van der Waals surface area contributed by atoms with E-state index in [9.17, 15) is 0 Å². The molecule has 0 amide bonds. The zero-order valence-electron chi connectivity index (χ0n) is 4.84. The fourth-order valence-corrected chi connectivity index (χ4v) is 0.979. The number of hydrogen-bond acceptors (Lipinski definition) is 1. The highest BCUT2D eigenvalue weighted by molar-refractivity contribution is 6.23. The molecule has 1 aliphatic carbocycles. The summed E-state index contributed by atoms with van der Waals surface area (Å²) < 4.78 is 0. The SMILES string of the molecule is N#CC1=CC(Cl)C=CC1. The van der Waals surface area contributed by atoms with E-state index in [0.29, 0.717) is 0 Å². The van der Waals surface area contributed by atoms with E-state index >= 15 is 0 Å². The predicted molar refractivity (Wildman–Crippen MR) is 37.1 cm³/mol. The summed E-state index contributed by atoms with van der Waals surface area (Å²) in [5.74, 6) is 0. The summed E-state index contributed by atoms with van der Waals surface area (Å²) in [7, 11) is 0. The van der Waals surface area contributed by atoms with Crippen LogP contribution < -0.4 is 0 Å². The predicted octanol–water partition coefficient (Wildman–Crippen LogP) is 2.00. The first kappa shape index (κ1) is 6.38. The Hall–Kier alpha value is -0.740. The maximum Gasteiger partial charge on any atom is 0.0947 e. The highest BCUT2D eigenvalue weighted by Crippen LogP contribution is 2.13. The Morgan fingerprint density at radius 1 is 1.78 bits per heavy atom. The molecule has 1 atom stereocenters. The molecule has 9 heavy (non-hydrogen) atoms. The van der Waals surface area contributed by atoms with Crippen LogP contribution in [-0.4, -0.2) is 5.38 Å². The van der Waals surface area contributed by atoms with Crippen LogP contribution in [0.15, 0.2) is 23.8 Å². The van der Waals surface area contributed by atoms with Crippen LogP contribution in [0.5, 0.6) is 0 Å². The molecule has 0 aromatic heterocycles. The van der Waals surface area contributed by atoms with E-state index in [-0.39, 0.29) is 5.38 Å². The highest BCUT2D eigenvalue weighted by Gasteiger charge is 2.02. The van der Waals surface area contributed by atoms with Crippen LogP contribution in [0, 0.1) is 11.3 Å². The number of nitrogens with zero attached hydrogens (tertiary/aromatic N) is 1. The van der Waals surface area contributed by atoms with Crippen molar-refractivity contribution in [3.8, 4) is 6.07 Å². The third kappa shape index (κ3) is 1.58. The third-order valence-electron chi connectivity index (χ3n) is 1.16. The van der Waals surface area contributed by atoms with Gasteiger partial charge in [0.05, 0.1) is 11.4 Å². The van der Waals surface area contributed by atoms with Gasteiger partial charge in [0.25, 0.3) is 0 Å². The Morgan fingerprint density at radius 3 is 3.00 bits per heavy atom. The number of alkyl halides is 1. The Bertz CT molecular complexity index is 197. The topological polar surface area (TPSA) is 23.8 Å². The van der Waals surface area contributed by atoms with Gasteiger partial charge in [-0.25, -0.2) is 0 Å². The van der Waals surface area contributed by atoms with Crippen molar-refractivity contribution in [2.75, 3.05) is 0 Å². The Balaban J connectivity index is 2.69. The Morgan fingerprint density at radius 2 is 2.56 bits per heavy atom. The largest absolute Gasteiger partial charge is 0.193 e. The number of allylic oxidation sites excluding steroid dienone is 4. The fourth-order valence-electron chi connectivity index (χ4n) is 0.724. The molecule has 0 heterocycles.